The molecule has 5 nitrogen and oxygen atoms in total. The highest BCUT2D eigenvalue weighted by Crippen LogP contribution is 2.18. The second kappa shape index (κ2) is 5.30. The van der Waals surface area contributed by atoms with E-state index in [2.05, 4.69) is 10.4 Å². The van der Waals surface area contributed by atoms with Crippen molar-refractivity contribution in [1.82, 2.24) is 15.1 Å². The van der Waals surface area contributed by atoms with Gasteiger partial charge in [-0.1, -0.05) is 20.8 Å². The van der Waals surface area contributed by atoms with Gasteiger partial charge >= 0.3 is 0 Å². The highest BCUT2D eigenvalue weighted by molar-refractivity contribution is 5.81. The van der Waals surface area contributed by atoms with Crippen LogP contribution in [0.1, 0.15) is 32.6 Å². The topological polar surface area (TPSA) is 60.1 Å². The summed E-state index contributed by atoms with van der Waals surface area (Å²) in [5.74, 6) is 0.786. The largest absolute Gasteiger partial charge is 0.467 e. The Balaban J connectivity index is 2.10. The third kappa shape index (κ3) is 3.24. The Hall–Kier alpha value is -2.04. The van der Waals surface area contributed by atoms with Crippen LogP contribution in [0, 0.1) is 5.41 Å². The minimum absolute atomic E-state index is 0.0104. The van der Waals surface area contributed by atoms with Crippen molar-refractivity contribution < 1.29 is 9.21 Å². The van der Waals surface area contributed by atoms with Gasteiger partial charge in [0.2, 0.25) is 5.91 Å². The lowest BCUT2D eigenvalue weighted by Gasteiger charge is -2.21. The van der Waals surface area contributed by atoms with Crippen LogP contribution >= 0.6 is 0 Å². The van der Waals surface area contributed by atoms with Crippen LogP contribution in [0.4, 0.5) is 0 Å². The number of rotatable bonds is 4. The molecule has 1 N–H and O–H groups in total. The molecule has 0 fully saturated rings. The van der Waals surface area contributed by atoms with Gasteiger partial charge in [0.1, 0.15) is 11.8 Å². The first-order valence-corrected chi connectivity index (χ1v) is 6.29. The summed E-state index contributed by atoms with van der Waals surface area (Å²) < 4.78 is 7.20. The first kappa shape index (κ1) is 13.4. The fraction of sp³-hybridized carbons (Fsp3) is 0.429. The molecule has 0 saturated carbocycles. The fourth-order valence-electron chi connectivity index (χ4n) is 1.72. The zero-order chi connectivity index (χ0) is 13.9. The SMILES string of the molecule is CC(C)(C)C(=O)NCC(c1ccco1)n1cccn1. The molecule has 0 bridgehead atoms. The average molecular weight is 261 g/mol. The number of carbonyl (C=O) groups excluding carboxylic acids is 1. The third-order valence-electron chi connectivity index (χ3n) is 2.85. The predicted molar refractivity (Wildman–Crippen MR) is 71.5 cm³/mol. The normalized spacial score (nSPS) is 13.2. The van der Waals surface area contributed by atoms with Gasteiger partial charge in [0.25, 0.3) is 0 Å². The summed E-state index contributed by atoms with van der Waals surface area (Å²) in [6.07, 6.45) is 5.19. The van der Waals surface area contributed by atoms with Gasteiger partial charge < -0.3 is 9.73 Å². The zero-order valence-electron chi connectivity index (χ0n) is 11.5. The summed E-state index contributed by atoms with van der Waals surface area (Å²) in [7, 11) is 0. The summed E-state index contributed by atoms with van der Waals surface area (Å²) in [6.45, 7) is 6.11. The van der Waals surface area contributed by atoms with Crippen LogP contribution in [0.25, 0.3) is 0 Å². The number of hydrogen-bond acceptors (Lipinski definition) is 3. The van der Waals surface area contributed by atoms with Gasteiger partial charge in [0.15, 0.2) is 0 Å². The number of carbonyl (C=O) groups is 1. The molecule has 1 unspecified atom stereocenters. The molecular weight excluding hydrogens is 242 g/mol. The van der Waals surface area contributed by atoms with E-state index in [1.807, 2.05) is 45.2 Å². The minimum Gasteiger partial charge on any atom is -0.467 e. The molecule has 2 aromatic rings. The van der Waals surface area contributed by atoms with Gasteiger partial charge in [0, 0.05) is 24.4 Å². The maximum absolute atomic E-state index is 11.9. The second-order valence-electron chi connectivity index (χ2n) is 5.48. The number of aromatic nitrogens is 2. The van der Waals surface area contributed by atoms with Crippen molar-refractivity contribution >= 4 is 5.91 Å². The number of furan rings is 1. The van der Waals surface area contributed by atoms with E-state index in [1.165, 1.54) is 0 Å². The molecule has 102 valence electrons. The Morgan fingerprint density at radius 1 is 1.47 bits per heavy atom. The molecule has 5 heteroatoms. The van der Waals surface area contributed by atoms with Crippen molar-refractivity contribution in [2.75, 3.05) is 6.54 Å². The van der Waals surface area contributed by atoms with Crippen LogP contribution in [0.5, 0.6) is 0 Å². The predicted octanol–water partition coefficient (Wildman–Crippen LogP) is 2.23. The molecule has 1 atom stereocenters. The number of amides is 1. The lowest BCUT2D eigenvalue weighted by Crippen LogP contribution is -2.38. The number of hydrogen-bond donors (Lipinski definition) is 1. The van der Waals surface area contributed by atoms with Crippen molar-refractivity contribution in [2.24, 2.45) is 5.41 Å². The molecule has 0 aliphatic heterocycles. The van der Waals surface area contributed by atoms with Gasteiger partial charge in [-0.05, 0) is 18.2 Å². The van der Waals surface area contributed by atoms with Crippen LogP contribution < -0.4 is 5.32 Å². The smallest absolute Gasteiger partial charge is 0.225 e. The molecule has 0 saturated heterocycles. The highest BCUT2D eigenvalue weighted by atomic mass is 16.3. The Morgan fingerprint density at radius 3 is 2.79 bits per heavy atom. The van der Waals surface area contributed by atoms with E-state index in [9.17, 15) is 4.79 Å². The molecule has 2 rings (SSSR count). The van der Waals surface area contributed by atoms with Crippen LogP contribution in [-0.4, -0.2) is 22.2 Å². The van der Waals surface area contributed by atoms with Gasteiger partial charge in [-0.2, -0.15) is 5.10 Å². The maximum atomic E-state index is 11.9. The number of nitrogens with one attached hydrogen (secondary N) is 1. The molecule has 2 aromatic heterocycles. The van der Waals surface area contributed by atoms with Crippen LogP contribution in [-0.2, 0) is 4.79 Å². The maximum Gasteiger partial charge on any atom is 0.225 e. The van der Waals surface area contributed by atoms with E-state index in [0.29, 0.717) is 6.54 Å². The standard InChI is InChI=1S/C14H19N3O2/c1-14(2,3)13(18)15-10-11(12-6-4-9-19-12)17-8-5-7-16-17/h4-9,11H,10H2,1-3H3,(H,15,18). The highest BCUT2D eigenvalue weighted by Gasteiger charge is 2.24. The average Bonchev–Trinajstić information content (AvgIpc) is 3.00. The quantitative estimate of drug-likeness (QED) is 0.918. The molecule has 1 amide bonds. The van der Waals surface area contributed by atoms with Gasteiger partial charge in [-0.25, -0.2) is 0 Å². The Morgan fingerprint density at radius 2 is 2.26 bits per heavy atom. The van der Waals surface area contributed by atoms with E-state index in [0.717, 1.165) is 5.76 Å². The Bertz CT molecular complexity index is 475. The molecular formula is C14H19N3O2. The monoisotopic (exact) mass is 261 g/mol. The first-order chi connectivity index (χ1) is 8.98. The Labute approximate surface area is 112 Å². The second-order valence-corrected chi connectivity index (χ2v) is 5.48. The van der Waals surface area contributed by atoms with Crippen molar-refractivity contribution in [3.05, 3.63) is 42.6 Å². The van der Waals surface area contributed by atoms with E-state index in [4.69, 9.17) is 4.42 Å². The summed E-state index contributed by atoms with van der Waals surface area (Å²) in [5, 5.41) is 7.16. The minimum atomic E-state index is -0.405. The lowest BCUT2D eigenvalue weighted by atomic mass is 9.95. The zero-order valence-corrected chi connectivity index (χ0v) is 11.5. The molecule has 0 spiro atoms. The molecule has 0 aliphatic carbocycles. The summed E-state index contributed by atoms with van der Waals surface area (Å²) in [6, 6.07) is 5.44. The molecule has 2 heterocycles. The number of nitrogens with zero attached hydrogens (tertiary/aromatic N) is 2. The van der Waals surface area contributed by atoms with E-state index >= 15 is 0 Å². The van der Waals surface area contributed by atoms with E-state index in [1.54, 1.807) is 17.1 Å². The van der Waals surface area contributed by atoms with Gasteiger partial charge in [-0.3, -0.25) is 9.48 Å². The van der Waals surface area contributed by atoms with Crippen molar-refractivity contribution in [3.8, 4) is 0 Å². The summed E-state index contributed by atoms with van der Waals surface area (Å²) >= 11 is 0. The van der Waals surface area contributed by atoms with Crippen molar-refractivity contribution in [3.63, 3.8) is 0 Å². The van der Waals surface area contributed by atoms with E-state index < -0.39 is 5.41 Å². The molecule has 0 radical (unpaired) electrons. The third-order valence-corrected chi connectivity index (χ3v) is 2.85. The first-order valence-electron chi connectivity index (χ1n) is 6.29. The van der Waals surface area contributed by atoms with Gasteiger partial charge in [-0.15, -0.1) is 0 Å². The van der Waals surface area contributed by atoms with Crippen LogP contribution in [0.2, 0.25) is 0 Å². The summed E-state index contributed by atoms with van der Waals surface area (Å²) in [5.41, 5.74) is -0.405. The van der Waals surface area contributed by atoms with Crippen LogP contribution in [0.3, 0.4) is 0 Å². The lowest BCUT2D eigenvalue weighted by molar-refractivity contribution is -0.128. The van der Waals surface area contributed by atoms with Crippen molar-refractivity contribution in [1.29, 1.82) is 0 Å². The Kier molecular flexibility index (Phi) is 3.74. The van der Waals surface area contributed by atoms with Crippen LogP contribution in [0.15, 0.2) is 41.3 Å². The van der Waals surface area contributed by atoms with Gasteiger partial charge in [0.05, 0.1) is 6.26 Å². The van der Waals surface area contributed by atoms with Crippen molar-refractivity contribution in [2.45, 2.75) is 26.8 Å². The molecule has 19 heavy (non-hydrogen) atoms. The fourth-order valence-corrected chi connectivity index (χ4v) is 1.72. The van der Waals surface area contributed by atoms with E-state index in [-0.39, 0.29) is 11.9 Å². The summed E-state index contributed by atoms with van der Waals surface area (Å²) in [4.78, 5) is 11.9. The molecule has 0 aromatic carbocycles. The molecule has 0 aliphatic rings.